The summed E-state index contributed by atoms with van der Waals surface area (Å²) in [6.07, 6.45) is 0. The first-order valence-electron chi connectivity index (χ1n) is 8.85. The Balaban J connectivity index is 1.90. The van der Waals surface area contributed by atoms with Gasteiger partial charge >= 0.3 is 0 Å². The first kappa shape index (κ1) is 21.0. The number of benzene rings is 1. The lowest BCUT2D eigenvalue weighted by atomic mass is 9.87. The quantitative estimate of drug-likeness (QED) is 0.706. The van der Waals surface area contributed by atoms with E-state index in [9.17, 15) is 9.59 Å². The number of amides is 2. The van der Waals surface area contributed by atoms with E-state index < -0.39 is 6.04 Å². The van der Waals surface area contributed by atoms with Gasteiger partial charge in [-0.1, -0.05) is 44.7 Å². The van der Waals surface area contributed by atoms with Crippen LogP contribution in [0, 0.1) is 0 Å². The lowest BCUT2D eigenvalue weighted by Gasteiger charge is -2.18. The van der Waals surface area contributed by atoms with Gasteiger partial charge in [0.05, 0.1) is 5.75 Å². The van der Waals surface area contributed by atoms with Gasteiger partial charge in [-0.15, -0.1) is 10.2 Å². The fourth-order valence-corrected chi connectivity index (χ4v) is 2.88. The molecule has 1 atom stereocenters. The maximum Gasteiger partial charge on any atom is 0.277 e. The third-order valence-corrected chi connectivity index (χ3v) is 4.67. The number of hydrogen-bond acceptors (Lipinski definition) is 6. The minimum atomic E-state index is -0.586. The normalized spacial score (nSPS) is 12.5. The molecule has 2 rings (SSSR count). The Morgan fingerprint density at radius 1 is 1.19 bits per heavy atom. The Bertz CT molecular complexity index is 781. The molecule has 146 valence electrons. The number of aromatic nitrogens is 2. The van der Waals surface area contributed by atoms with Gasteiger partial charge in [-0.05, 0) is 37.0 Å². The number of rotatable bonds is 7. The van der Waals surface area contributed by atoms with Crippen LogP contribution in [0.2, 0.25) is 0 Å². The SMILES string of the molecule is CCNC(=O)[C@H](C)NC(=O)CSc1nnc(-c2ccc(C(C)(C)C)cc2)o1. The van der Waals surface area contributed by atoms with E-state index >= 15 is 0 Å². The van der Waals surface area contributed by atoms with Gasteiger partial charge in [0.2, 0.25) is 17.7 Å². The van der Waals surface area contributed by atoms with E-state index in [1.54, 1.807) is 6.92 Å². The number of carbonyl (C=O) groups excluding carboxylic acids is 2. The van der Waals surface area contributed by atoms with Gasteiger partial charge in [-0.2, -0.15) is 0 Å². The Morgan fingerprint density at radius 2 is 1.85 bits per heavy atom. The molecule has 2 N–H and O–H groups in total. The van der Waals surface area contributed by atoms with E-state index in [0.29, 0.717) is 17.7 Å². The van der Waals surface area contributed by atoms with Crippen LogP contribution < -0.4 is 10.6 Å². The van der Waals surface area contributed by atoms with Crippen LogP contribution in [-0.2, 0) is 15.0 Å². The van der Waals surface area contributed by atoms with Crippen molar-refractivity contribution < 1.29 is 14.0 Å². The summed E-state index contributed by atoms with van der Waals surface area (Å²) in [5.41, 5.74) is 2.13. The second kappa shape index (κ2) is 9.03. The lowest BCUT2D eigenvalue weighted by molar-refractivity contribution is -0.127. The van der Waals surface area contributed by atoms with Crippen LogP contribution in [-0.4, -0.2) is 40.4 Å². The molecule has 0 unspecified atom stereocenters. The standard InChI is InChI=1S/C19H26N4O3S/c1-6-20-16(25)12(2)21-15(24)11-27-18-23-22-17(26-18)13-7-9-14(10-8-13)19(3,4)5/h7-10,12H,6,11H2,1-5H3,(H,20,25)(H,21,24)/t12-/m0/s1. The fraction of sp³-hybridized carbons (Fsp3) is 0.474. The lowest BCUT2D eigenvalue weighted by Crippen LogP contribution is -2.45. The summed E-state index contributed by atoms with van der Waals surface area (Å²) in [6.45, 7) is 10.4. The van der Waals surface area contributed by atoms with Crippen molar-refractivity contribution in [3.05, 3.63) is 29.8 Å². The van der Waals surface area contributed by atoms with Gasteiger partial charge in [0, 0.05) is 12.1 Å². The molecule has 0 aliphatic rings. The molecule has 1 heterocycles. The van der Waals surface area contributed by atoms with Crippen LogP contribution in [0.3, 0.4) is 0 Å². The zero-order valence-corrected chi connectivity index (χ0v) is 17.1. The zero-order valence-electron chi connectivity index (χ0n) is 16.3. The van der Waals surface area contributed by atoms with Crippen molar-refractivity contribution in [3.63, 3.8) is 0 Å². The molecule has 7 nitrogen and oxygen atoms in total. The average molecular weight is 391 g/mol. The Labute approximate surface area is 163 Å². The summed E-state index contributed by atoms with van der Waals surface area (Å²) in [6, 6.07) is 7.40. The monoisotopic (exact) mass is 390 g/mol. The number of nitrogens with zero attached hydrogens (tertiary/aromatic N) is 2. The second-order valence-electron chi connectivity index (χ2n) is 7.17. The largest absolute Gasteiger partial charge is 0.411 e. The molecule has 0 aliphatic heterocycles. The molecular formula is C19H26N4O3S. The van der Waals surface area contributed by atoms with E-state index in [1.165, 1.54) is 5.56 Å². The topological polar surface area (TPSA) is 97.1 Å². The van der Waals surface area contributed by atoms with Crippen LogP contribution in [0.4, 0.5) is 0 Å². The maximum absolute atomic E-state index is 11.9. The molecule has 27 heavy (non-hydrogen) atoms. The van der Waals surface area contributed by atoms with Crippen molar-refractivity contribution in [1.82, 2.24) is 20.8 Å². The summed E-state index contributed by atoms with van der Waals surface area (Å²) in [5.74, 6) is 0.0191. The molecule has 8 heteroatoms. The summed E-state index contributed by atoms with van der Waals surface area (Å²) in [7, 11) is 0. The number of carbonyl (C=O) groups is 2. The fourth-order valence-electron chi connectivity index (χ4n) is 2.30. The van der Waals surface area contributed by atoms with Crippen molar-refractivity contribution >= 4 is 23.6 Å². The summed E-state index contributed by atoms with van der Waals surface area (Å²) < 4.78 is 5.62. The first-order valence-corrected chi connectivity index (χ1v) is 9.83. The molecular weight excluding hydrogens is 364 g/mol. The molecule has 0 fully saturated rings. The maximum atomic E-state index is 11.9. The molecule has 0 saturated carbocycles. The second-order valence-corrected chi connectivity index (χ2v) is 8.10. The van der Waals surface area contributed by atoms with Gasteiger partial charge in [-0.3, -0.25) is 9.59 Å². The van der Waals surface area contributed by atoms with Crippen molar-refractivity contribution in [2.75, 3.05) is 12.3 Å². The smallest absolute Gasteiger partial charge is 0.277 e. The summed E-state index contributed by atoms with van der Waals surface area (Å²) in [4.78, 5) is 23.6. The summed E-state index contributed by atoms with van der Waals surface area (Å²) in [5, 5.41) is 13.6. The van der Waals surface area contributed by atoms with Crippen molar-refractivity contribution in [1.29, 1.82) is 0 Å². The van der Waals surface area contributed by atoms with E-state index in [0.717, 1.165) is 17.3 Å². The molecule has 0 bridgehead atoms. The van der Waals surface area contributed by atoms with Crippen molar-refractivity contribution in [3.8, 4) is 11.5 Å². The Morgan fingerprint density at radius 3 is 2.44 bits per heavy atom. The molecule has 2 amide bonds. The van der Waals surface area contributed by atoms with E-state index in [2.05, 4.69) is 41.6 Å². The highest BCUT2D eigenvalue weighted by Crippen LogP contribution is 2.27. The highest BCUT2D eigenvalue weighted by Gasteiger charge is 2.17. The molecule has 0 spiro atoms. The molecule has 0 radical (unpaired) electrons. The number of nitrogens with one attached hydrogen (secondary N) is 2. The number of likely N-dealkylation sites (N-methyl/N-ethyl adjacent to an activating group) is 1. The van der Waals surface area contributed by atoms with Gasteiger partial charge < -0.3 is 15.1 Å². The minimum Gasteiger partial charge on any atom is -0.411 e. The zero-order chi connectivity index (χ0) is 20.0. The van der Waals surface area contributed by atoms with E-state index in [1.807, 2.05) is 31.2 Å². The molecule has 0 saturated heterocycles. The van der Waals surface area contributed by atoms with Crippen LogP contribution in [0.1, 0.15) is 40.2 Å². The third kappa shape index (κ3) is 6.09. The van der Waals surface area contributed by atoms with Crippen LogP contribution in [0.25, 0.3) is 11.5 Å². The molecule has 1 aromatic carbocycles. The highest BCUT2D eigenvalue weighted by atomic mass is 32.2. The van der Waals surface area contributed by atoms with Gasteiger partial charge in [0.15, 0.2) is 0 Å². The van der Waals surface area contributed by atoms with Crippen LogP contribution in [0.5, 0.6) is 0 Å². The Hall–Kier alpha value is -2.35. The van der Waals surface area contributed by atoms with Gasteiger partial charge in [0.25, 0.3) is 5.22 Å². The van der Waals surface area contributed by atoms with Crippen molar-refractivity contribution in [2.24, 2.45) is 0 Å². The Kier molecular flexibility index (Phi) is 7.01. The van der Waals surface area contributed by atoms with Crippen molar-refractivity contribution in [2.45, 2.75) is 51.3 Å². The van der Waals surface area contributed by atoms with Crippen LogP contribution in [0.15, 0.2) is 33.9 Å². The predicted molar refractivity (Wildman–Crippen MR) is 105 cm³/mol. The average Bonchev–Trinajstić information content (AvgIpc) is 3.08. The van der Waals surface area contributed by atoms with Gasteiger partial charge in [-0.25, -0.2) is 0 Å². The molecule has 1 aromatic heterocycles. The number of thioether (sulfide) groups is 1. The van der Waals surface area contributed by atoms with Gasteiger partial charge in [0.1, 0.15) is 6.04 Å². The predicted octanol–water partition coefficient (Wildman–Crippen LogP) is 2.77. The third-order valence-electron chi connectivity index (χ3n) is 3.85. The molecule has 0 aliphatic carbocycles. The molecule has 2 aromatic rings. The highest BCUT2D eigenvalue weighted by molar-refractivity contribution is 7.99. The first-order chi connectivity index (χ1) is 12.7. The number of hydrogen-bond donors (Lipinski definition) is 2. The minimum absolute atomic E-state index is 0.0763. The van der Waals surface area contributed by atoms with E-state index in [-0.39, 0.29) is 23.0 Å². The van der Waals surface area contributed by atoms with E-state index in [4.69, 9.17) is 4.42 Å². The summed E-state index contributed by atoms with van der Waals surface area (Å²) >= 11 is 1.13. The van der Waals surface area contributed by atoms with Crippen LogP contribution >= 0.6 is 11.8 Å².